The fraction of sp³-hybridized carbons (Fsp3) is 0.333. The lowest BCUT2D eigenvalue weighted by atomic mass is 10.0. The lowest BCUT2D eigenvalue weighted by Gasteiger charge is -2.40. The number of benzene rings is 1. The van der Waals surface area contributed by atoms with E-state index in [4.69, 9.17) is 0 Å². The lowest BCUT2D eigenvalue weighted by molar-refractivity contribution is 0.424. The van der Waals surface area contributed by atoms with Gasteiger partial charge in [0.15, 0.2) is 5.82 Å². The smallest absolute Gasteiger partial charge is 0.262 e. The molecule has 2 aromatic heterocycles. The Bertz CT molecular complexity index is 959. The molecular formula is C18H20N6O. The van der Waals surface area contributed by atoms with E-state index in [9.17, 15) is 4.79 Å². The maximum absolute atomic E-state index is 12.4. The van der Waals surface area contributed by atoms with Crippen LogP contribution in [-0.2, 0) is 7.05 Å². The number of fused-ring (bicyclic) bond motifs is 1. The Morgan fingerprint density at radius 2 is 1.96 bits per heavy atom. The van der Waals surface area contributed by atoms with Crippen molar-refractivity contribution in [3.8, 4) is 0 Å². The first-order chi connectivity index (χ1) is 12.1. The highest BCUT2D eigenvalue weighted by atomic mass is 16.1. The number of aromatic nitrogens is 4. The molecular weight excluding hydrogens is 316 g/mol. The van der Waals surface area contributed by atoms with Gasteiger partial charge in [-0.3, -0.25) is 9.36 Å². The van der Waals surface area contributed by atoms with Crippen LogP contribution in [0.2, 0.25) is 0 Å². The van der Waals surface area contributed by atoms with Crippen LogP contribution in [0.1, 0.15) is 5.69 Å². The number of hydrogen-bond donors (Lipinski definition) is 1. The van der Waals surface area contributed by atoms with Gasteiger partial charge in [-0.1, -0.05) is 12.1 Å². The summed E-state index contributed by atoms with van der Waals surface area (Å²) in [7, 11) is 1.75. The Balaban J connectivity index is 1.41. The van der Waals surface area contributed by atoms with Crippen molar-refractivity contribution in [1.29, 1.82) is 0 Å². The summed E-state index contributed by atoms with van der Waals surface area (Å²) in [4.78, 5) is 19.2. The molecule has 1 aliphatic heterocycles. The zero-order valence-electron chi connectivity index (χ0n) is 14.3. The number of anilines is 2. The van der Waals surface area contributed by atoms with Gasteiger partial charge in [-0.15, -0.1) is 5.10 Å². The Morgan fingerprint density at radius 3 is 2.72 bits per heavy atom. The van der Waals surface area contributed by atoms with Gasteiger partial charge in [0.1, 0.15) is 0 Å². The molecule has 0 radical (unpaired) electrons. The van der Waals surface area contributed by atoms with Gasteiger partial charge in [0, 0.05) is 32.6 Å². The van der Waals surface area contributed by atoms with Gasteiger partial charge >= 0.3 is 0 Å². The first-order valence-electron chi connectivity index (χ1n) is 8.37. The van der Waals surface area contributed by atoms with E-state index in [2.05, 4.69) is 25.4 Å². The summed E-state index contributed by atoms with van der Waals surface area (Å²) in [6, 6.07) is 11.4. The normalized spacial score (nSPS) is 14.6. The Kier molecular flexibility index (Phi) is 3.83. The second-order valence-electron chi connectivity index (χ2n) is 6.50. The predicted molar refractivity (Wildman–Crippen MR) is 97.9 cm³/mol. The van der Waals surface area contributed by atoms with Gasteiger partial charge in [0.25, 0.3) is 5.56 Å². The fourth-order valence-corrected chi connectivity index (χ4v) is 3.06. The van der Waals surface area contributed by atoms with Gasteiger partial charge in [-0.05, 0) is 31.2 Å². The van der Waals surface area contributed by atoms with Crippen LogP contribution in [0.25, 0.3) is 10.9 Å². The molecule has 7 nitrogen and oxygen atoms in total. The Hall–Kier alpha value is -2.96. The molecule has 1 saturated heterocycles. The fourth-order valence-electron chi connectivity index (χ4n) is 3.06. The van der Waals surface area contributed by atoms with E-state index in [0.717, 1.165) is 36.7 Å². The molecule has 25 heavy (non-hydrogen) atoms. The van der Waals surface area contributed by atoms with Gasteiger partial charge in [-0.25, -0.2) is 4.98 Å². The van der Waals surface area contributed by atoms with Crippen molar-refractivity contribution in [3.05, 3.63) is 52.4 Å². The molecule has 1 N–H and O–H groups in total. The van der Waals surface area contributed by atoms with Crippen molar-refractivity contribution >= 4 is 22.7 Å². The molecule has 1 aromatic carbocycles. The Labute approximate surface area is 145 Å². The molecule has 128 valence electrons. The van der Waals surface area contributed by atoms with E-state index in [1.54, 1.807) is 17.7 Å². The number of para-hydroxylation sites is 1. The molecule has 0 atom stereocenters. The van der Waals surface area contributed by atoms with Crippen molar-refractivity contribution in [3.63, 3.8) is 0 Å². The summed E-state index contributed by atoms with van der Waals surface area (Å²) in [5, 5.41) is 12.3. The molecule has 0 unspecified atom stereocenters. The monoisotopic (exact) mass is 336 g/mol. The van der Waals surface area contributed by atoms with E-state index < -0.39 is 0 Å². The maximum atomic E-state index is 12.4. The van der Waals surface area contributed by atoms with E-state index in [1.807, 2.05) is 37.3 Å². The third kappa shape index (κ3) is 2.93. The third-order valence-electron chi connectivity index (χ3n) is 4.60. The van der Waals surface area contributed by atoms with Gasteiger partial charge in [-0.2, -0.15) is 5.10 Å². The molecule has 0 aliphatic carbocycles. The first kappa shape index (κ1) is 15.6. The zero-order chi connectivity index (χ0) is 17.4. The number of aryl methyl sites for hydroxylation is 1. The molecule has 3 aromatic rings. The van der Waals surface area contributed by atoms with Crippen LogP contribution >= 0.6 is 0 Å². The van der Waals surface area contributed by atoms with Crippen LogP contribution in [0.3, 0.4) is 0 Å². The number of rotatable bonds is 4. The molecule has 7 heteroatoms. The zero-order valence-corrected chi connectivity index (χ0v) is 14.3. The summed E-state index contributed by atoms with van der Waals surface area (Å²) in [6.45, 7) is 4.55. The minimum Gasteiger partial charge on any atom is -0.355 e. The summed E-state index contributed by atoms with van der Waals surface area (Å²) in [6.07, 6.45) is 0. The summed E-state index contributed by atoms with van der Waals surface area (Å²) in [5.41, 5.74) is 1.61. The van der Waals surface area contributed by atoms with E-state index in [1.165, 1.54) is 0 Å². The summed E-state index contributed by atoms with van der Waals surface area (Å²) in [5.74, 6) is 2.02. The van der Waals surface area contributed by atoms with Crippen LogP contribution < -0.4 is 15.8 Å². The summed E-state index contributed by atoms with van der Waals surface area (Å²) < 4.78 is 1.57. The molecule has 4 rings (SSSR count). The third-order valence-corrected chi connectivity index (χ3v) is 4.60. The van der Waals surface area contributed by atoms with E-state index in [-0.39, 0.29) is 5.56 Å². The van der Waals surface area contributed by atoms with Gasteiger partial charge < -0.3 is 10.2 Å². The quantitative estimate of drug-likeness (QED) is 0.780. The standard InChI is InChI=1S/C18H20N6O/c1-12-7-8-16(22-21-12)24-10-13(11-24)9-19-18-20-15-6-4-3-5-14(15)17(25)23(18)2/h3-8,13H,9-11H2,1-2H3,(H,19,20). The molecule has 3 heterocycles. The van der Waals surface area contributed by atoms with Gasteiger partial charge in [0.05, 0.1) is 16.6 Å². The molecule has 0 bridgehead atoms. The van der Waals surface area contributed by atoms with Crippen molar-refractivity contribution in [2.45, 2.75) is 6.92 Å². The molecule has 0 amide bonds. The number of nitrogens with one attached hydrogen (secondary N) is 1. The van der Waals surface area contributed by atoms with Crippen molar-refractivity contribution < 1.29 is 0 Å². The van der Waals surface area contributed by atoms with Crippen LogP contribution in [-0.4, -0.2) is 39.4 Å². The predicted octanol–water partition coefficient (Wildman–Crippen LogP) is 1.58. The molecule has 0 spiro atoms. The van der Waals surface area contributed by atoms with Crippen LogP contribution in [0.15, 0.2) is 41.2 Å². The second-order valence-corrected chi connectivity index (χ2v) is 6.50. The van der Waals surface area contributed by atoms with Gasteiger partial charge in [0.2, 0.25) is 5.95 Å². The average molecular weight is 336 g/mol. The second kappa shape index (κ2) is 6.16. The van der Waals surface area contributed by atoms with Crippen LogP contribution in [0.5, 0.6) is 0 Å². The molecule has 0 saturated carbocycles. The minimum atomic E-state index is -0.0294. The van der Waals surface area contributed by atoms with Crippen molar-refractivity contribution in [1.82, 2.24) is 19.7 Å². The van der Waals surface area contributed by atoms with Crippen molar-refractivity contribution in [2.24, 2.45) is 13.0 Å². The van der Waals surface area contributed by atoms with E-state index >= 15 is 0 Å². The summed E-state index contributed by atoms with van der Waals surface area (Å²) >= 11 is 0. The average Bonchev–Trinajstić information content (AvgIpc) is 2.59. The highest BCUT2D eigenvalue weighted by Crippen LogP contribution is 2.22. The Morgan fingerprint density at radius 1 is 1.16 bits per heavy atom. The van der Waals surface area contributed by atoms with Crippen LogP contribution in [0.4, 0.5) is 11.8 Å². The largest absolute Gasteiger partial charge is 0.355 e. The molecule has 1 fully saturated rings. The maximum Gasteiger partial charge on any atom is 0.262 e. The lowest BCUT2D eigenvalue weighted by Crippen LogP contribution is -2.50. The number of nitrogens with zero attached hydrogens (tertiary/aromatic N) is 5. The van der Waals surface area contributed by atoms with E-state index in [0.29, 0.717) is 17.3 Å². The highest BCUT2D eigenvalue weighted by Gasteiger charge is 2.28. The minimum absolute atomic E-state index is 0.0294. The molecule has 1 aliphatic rings. The van der Waals surface area contributed by atoms with Crippen LogP contribution in [0, 0.1) is 12.8 Å². The number of hydrogen-bond acceptors (Lipinski definition) is 6. The SMILES string of the molecule is Cc1ccc(N2CC(CNc3nc4ccccc4c(=O)n3C)C2)nn1. The van der Waals surface area contributed by atoms with Crippen molar-refractivity contribution in [2.75, 3.05) is 29.9 Å². The highest BCUT2D eigenvalue weighted by molar-refractivity contribution is 5.78. The topological polar surface area (TPSA) is 75.9 Å². The first-order valence-corrected chi connectivity index (χ1v) is 8.37.